The minimum atomic E-state index is 0.527. The molecule has 0 amide bonds. The van der Waals surface area contributed by atoms with Crippen LogP contribution in [0.5, 0.6) is 0 Å². The van der Waals surface area contributed by atoms with Crippen LogP contribution in [0.4, 0.5) is 0 Å². The van der Waals surface area contributed by atoms with Gasteiger partial charge in [-0.3, -0.25) is 0 Å². The van der Waals surface area contributed by atoms with Crippen LogP contribution in [-0.4, -0.2) is 48.6 Å². The molecule has 4 bridgehead atoms. The fourth-order valence-corrected chi connectivity index (χ4v) is 14.7. The normalized spacial score (nSPS) is 41.1. The van der Waals surface area contributed by atoms with Crippen molar-refractivity contribution in [2.24, 2.45) is 86.8 Å². The standard InChI is InChI=1S/C11H21N.2C11H20.C10H19N.C9H16/c1-10(2,3)11-4-7-12(8-5-11)9-6-11;1-10(2,3)9-7-11(8-9)5-4-6-11;1-8(2)11-6-9-4-3-5-10(9)7-11;1-7(2)9-6-8-4-5-10(9)11(8)3;1-6(2)9-7-4-3-5-8(7)9/h4-9H2,1-3H3;9H,4-8H2,1-3H3;8-11H,3-7H2,1-2H3;7-10H,4-6H2,1-3H3;6-9H,3-5H2,1-2H3. The van der Waals surface area contributed by atoms with E-state index >= 15 is 0 Å². The first-order valence-corrected chi connectivity index (χ1v) is 24.8. The van der Waals surface area contributed by atoms with Crippen LogP contribution in [0.3, 0.4) is 0 Å². The molecule has 11 fully saturated rings. The molecule has 0 aromatic heterocycles. The molecule has 11 rings (SSSR count). The molecule has 0 aromatic carbocycles. The summed E-state index contributed by atoms with van der Waals surface area (Å²) in [4.78, 5) is 5.23. The lowest BCUT2D eigenvalue weighted by molar-refractivity contribution is -0.0700. The maximum atomic E-state index is 2.62. The molecule has 2 nitrogen and oxygen atoms in total. The minimum absolute atomic E-state index is 0.527. The van der Waals surface area contributed by atoms with Crippen LogP contribution in [0, 0.1) is 86.8 Å². The molecule has 6 aliphatic carbocycles. The van der Waals surface area contributed by atoms with Crippen molar-refractivity contribution in [1.29, 1.82) is 0 Å². The molecule has 2 heteroatoms. The fraction of sp³-hybridized carbons (Fsp3) is 1.00. The number of piperidine rings is 3. The Labute approximate surface area is 339 Å². The summed E-state index contributed by atoms with van der Waals surface area (Å²) in [5, 5.41) is 0. The predicted molar refractivity (Wildman–Crippen MR) is 236 cm³/mol. The van der Waals surface area contributed by atoms with E-state index in [2.05, 4.69) is 99.9 Å². The van der Waals surface area contributed by atoms with Gasteiger partial charge in [-0.25, -0.2) is 0 Å². The van der Waals surface area contributed by atoms with Gasteiger partial charge in [0.2, 0.25) is 0 Å². The van der Waals surface area contributed by atoms with Gasteiger partial charge in [0, 0.05) is 12.1 Å². The van der Waals surface area contributed by atoms with E-state index in [0.29, 0.717) is 16.2 Å². The summed E-state index contributed by atoms with van der Waals surface area (Å²) in [6, 6.07) is 1.87. The summed E-state index contributed by atoms with van der Waals surface area (Å²) in [6.07, 6.45) is 28.8. The van der Waals surface area contributed by atoms with Crippen LogP contribution in [0.2, 0.25) is 0 Å². The molecule has 11 aliphatic rings. The molecule has 1 spiro atoms. The zero-order chi connectivity index (χ0) is 39.2. The minimum Gasteiger partial charge on any atom is -0.303 e. The Bertz CT molecular complexity index is 1100. The van der Waals surface area contributed by atoms with Gasteiger partial charge in [0.15, 0.2) is 0 Å². The van der Waals surface area contributed by atoms with Gasteiger partial charge < -0.3 is 9.80 Å². The van der Waals surface area contributed by atoms with Crippen molar-refractivity contribution in [3.8, 4) is 0 Å². The molecular weight excluding hydrogens is 653 g/mol. The predicted octanol–water partition coefficient (Wildman–Crippen LogP) is 14.4. The Morgan fingerprint density at radius 3 is 1.43 bits per heavy atom. The highest BCUT2D eigenvalue weighted by atomic mass is 15.2. The lowest BCUT2D eigenvalue weighted by Gasteiger charge is -2.58. The van der Waals surface area contributed by atoms with Crippen molar-refractivity contribution in [2.45, 2.75) is 217 Å². The Kier molecular flexibility index (Phi) is 13.9. The van der Waals surface area contributed by atoms with Gasteiger partial charge >= 0.3 is 0 Å². The number of hydrogen-bond acceptors (Lipinski definition) is 2. The van der Waals surface area contributed by atoms with Crippen molar-refractivity contribution in [2.75, 3.05) is 26.7 Å². The summed E-state index contributed by atoms with van der Waals surface area (Å²) in [6.45, 7) is 32.8. The third kappa shape index (κ3) is 9.68. The second-order valence-corrected chi connectivity index (χ2v) is 25.1. The zero-order valence-corrected chi connectivity index (χ0v) is 39.0. The maximum Gasteiger partial charge on any atom is 0.0127 e. The van der Waals surface area contributed by atoms with Gasteiger partial charge in [-0.15, -0.1) is 0 Å². The van der Waals surface area contributed by atoms with E-state index in [9.17, 15) is 0 Å². The third-order valence-electron chi connectivity index (χ3n) is 19.3. The summed E-state index contributed by atoms with van der Waals surface area (Å²) in [5.41, 5.74) is 2.67. The number of nitrogens with zero attached hydrogens (tertiary/aromatic N) is 2. The maximum absolute atomic E-state index is 2.62. The lowest BCUT2D eigenvalue weighted by Crippen LogP contribution is -2.53. The average molecular weight is 749 g/mol. The van der Waals surface area contributed by atoms with E-state index < -0.39 is 0 Å². The quantitative estimate of drug-likeness (QED) is 0.284. The molecule has 6 saturated carbocycles. The topological polar surface area (TPSA) is 6.48 Å². The van der Waals surface area contributed by atoms with Gasteiger partial charge in [0.25, 0.3) is 0 Å². The van der Waals surface area contributed by atoms with Crippen LogP contribution in [0.15, 0.2) is 0 Å². The Hall–Kier alpha value is -0.0800. The number of hydrogen-bond donors (Lipinski definition) is 0. The summed E-state index contributed by atoms with van der Waals surface area (Å²) >= 11 is 0. The smallest absolute Gasteiger partial charge is 0.0127 e. The highest BCUT2D eigenvalue weighted by molar-refractivity contribution is 5.03. The van der Waals surface area contributed by atoms with Crippen molar-refractivity contribution >= 4 is 0 Å². The molecule has 5 heterocycles. The molecule has 0 N–H and O–H groups in total. The van der Waals surface area contributed by atoms with Crippen LogP contribution < -0.4 is 0 Å². The van der Waals surface area contributed by atoms with E-state index in [1.807, 2.05) is 0 Å². The SMILES string of the molecule is CC(C)(C)C12CCN(CC1)CC2.CC(C)(C)C1CC2(CCC2)C1.CC(C)C1C2CCCC21.CC(C)C1CC2CCC1N2C.CC(C)C1CC2CCCC2C1. The van der Waals surface area contributed by atoms with Crippen molar-refractivity contribution < 1.29 is 0 Å². The molecule has 7 atom stereocenters. The number of rotatable bonds is 3. The molecule has 7 unspecified atom stereocenters. The van der Waals surface area contributed by atoms with E-state index in [0.717, 1.165) is 70.8 Å². The third-order valence-corrected chi connectivity index (χ3v) is 19.3. The summed E-state index contributed by atoms with van der Waals surface area (Å²) < 4.78 is 0. The first-order chi connectivity index (χ1) is 25.3. The number of fused-ring (bicyclic) bond motifs is 7. The highest BCUT2D eigenvalue weighted by Gasteiger charge is 2.53. The summed E-state index contributed by atoms with van der Waals surface area (Å²) in [5.74, 6) is 11.7. The molecular formula is C52H96N2. The van der Waals surface area contributed by atoms with Crippen molar-refractivity contribution in [3.05, 3.63) is 0 Å². The second-order valence-electron chi connectivity index (χ2n) is 25.1. The van der Waals surface area contributed by atoms with E-state index in [4.69, 9.17) is 0 Å². The first-order valence-electron chi connectivity index (χ1n) is 24.8. The molecule has 5 saturated heterocycles. The molecule has 5 aliphatic heterocycles. The van der Waals surface area contributed by atoms with E-state index in [-0.39, 0.29) is 0 Å². The fourth-order valence-electron chi connectivity index (χ4n) is 14.7. The molecule has 314 valence electrons. The Morgan fingerprint density at radius 2 is 1.11 bits per heavy atom. The van der Waals surface area contributed by atoms with Gasteiger partial charge in [0.1, 0.15) is 0 Å². The molecule has 0 radical (unpaired) electrons. The Morgan fingerprint density at radius 1 is 0.574 bits per heavy atom. The average Bonchev–Trinajstić information content (AvgIpc) is 3.69. The van der Waals surface area contributed by atoms with Gasteiger partial charge in [-0.05, 0) is 203 Å². The summed E-state index contributed by atoms with van der Waals surface area (Å²) in [7, 11) is 2.31. The van der Waals surface area contributed by atoms with Crippen LogP contribution in [-0.2, 0) is 0 Å². The zero-order valence-electron chi connectivity index (χ0n) is 39.0. The second kappa shape index (κ2) is 17.3. The highest BCUT2D eigenvalue weighted by Crippen LogP contribution is 2.63. The van der Waals surface area contributed by atoms with E-state index in [1.165, 1.54) is 102 Å². The van der Waals surface area contributed by atoms with Gasteiger partial charge in [-0.1, -0.05) is 115 Å². The van der Waals surface area contributed by atoms with E-state index in [1.54, 1.807) is 51.4 Å². The lowest BCUT2D eigenvalue weighted by atomic mass is 9.47. The monoisotopic (exact) mass is 749 g/mol. The van der Waals surface area contributed by atoms with Gasteiger partial charge in [0.05, 0.1) is 0 Å². The van der Waals surface area contributed by atoms with Crippen LogP contribution in [0.1, 0.15) is 205 Å². The van der Waals surface area contributed by atoms with Crippen molar-refractivity contribution in [3.63, 3.8) is 0 Å². The van der Waals surface area contributed by atoms with Crippen molar-refractivity contribution in [1.82, 2.24) is 9.80 Å². The van der Waals surface area contributed by atoms with Crippen LogP contribution in [0.25, 0.3) is 0 Å². The van der Waals surface area contributed by atoms with Gasteiger partial charge in [-0.2, -0.15) is 0 Å². The molecule has 0 aromatic rings. The Balaban J connectivity index is 0.000000115. The first kappa shape index (κ1) is 43.5. The largest absolute Gasteiger partial charge is 0.303 e. The van der Waals surface area contributed by atoms with Crippen LogP contribution >= 0.6 is 0 Å². The molecule has 54 heavy (non-hydrogen) atoms.